The van der Waals surface area contributed by atoms with Gasteiger partial charge >= 0.3 is 5.97 Å². The zero-order chi connectivity index (χ0) is 25.7. The van der Waals surface area contributed by atoms with Crippen LogP contribution in [-0.2, 0) is 27.3 Å². The lowest BCUT2D eigenvalue weighted by atomic mass is 9.98. The SMILES string of the molecule is CNC(=O)C1=CCCC=C1Nc1nc(Nc2ccc3c(c2)CCN(C(=O)CCC(=O)O)C3)ncc1C. The third kappa shape index (κ3) is 5.88. The van der Waals surface area contributed by atoms with E-state index in [9.17, 15) is 14.4 Å². The Morgan fingerprint density at radius 2 is 1.89 bits per heavy atom. The molecule has 0 atom stereocenters. The average Bonchev–Trinajstić information content (AvgIpc) is 2.88. The lowest BCUT2D eigenvalue weighted by Gasteiger charge is -2.29. The van der Waals surface area contributed by atoms with E-state index in [4.69, 9.17) is 5.11 Å². The lowest BCUT2D eigenvalue weighted by Crippen LogP contribution is -2.36. The molecule has 2 amide bonds. The lowest BCUT2D eigenvalue weighted by molar-refractivity contribution is -0.141. The summed E-state index contributed by atoms with van der Waals surface area (Å²) in [5.74, 6) is -0.210. The Kier molecular flexibility index (Phi) is 7.62. The minimum atomic E-state index is -0.966. The van der Waals surface area contributed by atoms with E-state index in [-0.39, 0.29) is 24.7 Å². The Morgan fingerprint density at radius 3 is 2.67 bits per heavy atom. The Bertz CT molecular complexity index is 1250. The maximum Gasteiger partial charge on any atom is 0.303 e. The van der Waals surface area contributed by atoms with E-state index in [2.05, 4.69) is 25.9 Å². The summed E-state index contributed by atoms with van der Waals surface area (Å²) in [5.41, 5.74) is 5.17. The third-order valence-electron chi connectivity index (χ3n) is 6.23. The van der Waals surface area contributed by atoms with E-state index < -0.39 is 5.97 Å². The van der Waals surface area contributed by atoms with Crippen molar-refractivity contribution in [2.24, 2.45) is 0 Å². The number of aryl methyl sites for hydroxylation is 1. The van der Waals surface area contributed by atoms with Gasteiger partial charge in [-0.2, -0.15) is 4.98 Å². The van der Waals surface area contributed by atoms with Crippen molar-refractivity contribution in [2.45, 2.75) is 45.6 Å². The summed E-state index contributed by atoms with van der Waals surface area (Å²) in [6.45, 7) is 2.93. The molecule has 4 N–H and O–H groups in total. The van der Waals surface area contributed by atoms with Crippen LogP contribution in [0.25, 0.3) is 0 Å². The highest BCUT2D eigenvalue weighted by atomic mass is 16.4. The molecule has 0 bridgehead atoms. The predicted molar refractivity (Wildman–Crippen MR) is 136 cm³/mol. The van der Waals surface area contributed by atoms with Crippen molar-refractivity contribution in [1.29, 1.82) is 0 Å². The van der Waals surface area contributed by atoms with Crippen molar-refractivity contribution >= 4 is 35.2 Å². The van der Waals surface area contributed by atoms with Crippen LogP contribution < -0.4 is 16.0 Å². The van der Waals surface area contributed by atoms with Gasteiger partial charge in [-0.05, 0) is 49.4 Å². The first-order chi connectivity index (χ1) is 17.3. The van der Waals surface area contributed by atoms with Crippen molar-refractivity contribution in [2.75, 3.05) is 24.2 Å². The molecule has 0 saturated carbocycles. The molecule has 10 heteroatoms. The van der Waals surface area contributed by atoms with Gasteiger partial charge in [0.15, 0.2) is 0 Å². The van der Waals surface area contributed by atoms with E-state index in [0.29, 0.717) is 36.8 Å². The zero-order valence-corrected chi connectivity index (χ0v) is 20.4. The number of carboxylic acids is 1. The molecule has 2 aliphatic rings. The second kappa shape index (κ2) is 11.0. The number of anilines is 3. The number of rotatable bonds is 8. The summed E-state index contributed by atoms with van der Waals surface area (Å²) in [7, 11) is 1.61. The highest BCUT2D eigenvalue weighted by Gasteiger charge is 2.22. The van der Waals surface area contributed by atoms with Crippen LogP contribution in [0.4, 0.5) is 17.5 Å². The Hall–Kier alpha value is -4.21. The van der Waals surface area contributed by atoms with Gasteiger partial charge in [0.2, 0.25) is 11.9 Å². The van der Waals surface area contributed by atoms with Gasteiger partial charge in [0.05, 0.1) is 12.0 Å². The fourth-order valence-electron chi connectivity index (χ4n) is 4.24. The Morgan fingerprint density at radius 1 is 1.08 bits per heavy atom. The molecule has 4 rings (SSSR count). The molecule has 1 aromatic carbocycles. The molecule has 188 valence electrons. The molecule has 0 spiro atoms. The molecule has 0 saturated heterocycles. The minimum absolute atomic E-state index is 0.0166. The van der Waals surface area contributed by atoms with Crippen LogP contribution in [0.15, 0.2) is 47.8 Å². The van der Waals surface area contributed by atoms with Crippen molar-refractivity contribution in [3.63, 3.8) is 0 Å². The van der Waals surface area contributed by atoms with Crippen molar-refractivity contribution < 1.29 is 19.5 Å². The van der Waals surface area contributed by atoms with Crippen LogP contribution in [-0.4, -0.2) is 51.4 Å². The Labute approximate surface area is 209 Å². The van der Waals surface area contributed by atoms with Crippen LogP contribution in [0.5, 0.6) is 0 Å². The van der Waals surface area contributed by atoms with E-state index >= 15 is 0 Å². The summed E-state index contributed by atoms with van der Waals surface area (Å²) in [5, 5.41) is 18.0. The number of likely N-dealkylation sites (N-methyl/N-ethyl adjacent to an activating group) is 1. The van der Waals surface area contributed by atoms with E-state index in [0.717, 1.165) is 40.9 Å². The number of amides is 2. The maximum atomic E-state index is 12.3. The molecule has 1 aromatic heterocycles. The number of allylic oxidation sites excluding steroid dienone is 2. The number of benzene rings is 1. The van der Waals surface area contributed by atoms with Crippen LogP contribution in [0.3, 0.4) is 0 Å². The highest BCUT2D eigenvalue weighted by Crippen LogP contribution is 2.26. The molecule has 0 fully saturated rings. The van der Waals surface area contributed by atoms with Gasteiger partial charge in [0.1, 0.15) is 5.82 Å². The molecule has 0 radical (unpaired) electrons. The number of carbonyl (C=O) groups excluding carboxylic acids is 2. The quantitative estimate of drug-likeness (QED) is 0.443. The maximum absolute atomic E-state index is 12.3. The predicted octanol–water partition coefficient (Wildman–Crippen LogP) is 3.04. The third-order valence-corrected chi connectivity index (χ3v) is 6.23. The molecule has 0 unspecified atom stereocenters. The first kappa shape index (κ1) is 24.9. The summed E-state index contributed by atoms with van der Waals surface area (Å²) < 4.78 is 0. The summed E-state index contributed by atoms with van der Waals surface area (Å²) in [6.07, 6.45) is 7.86. The number of nitrogens with one attached hydrogen (secondary N) is 3. The first-order valence-corrected chi connectivity index (χ1v) is 12.0. The zero-order valence-electron chi connectivity index (χ0n) is 20.4. The van der Waals surface area contributed by atoms with Crippen LogP contribution >= 0.6 is 0 Å². The first-order valence-electron chi connectivity index (χ1n) is 12.0. The number of nitrogens with zero attached hydrogens (tertiary/aromatic N) is 3. The molecule has 2 aromatic rings. The average molecular weight is 491 g/mol. The monoisotopic (exact) mass is 490 g/mol. The largest absolute Gasteiger partial charge is 0.481 e. The van der Waals surface area contributed by atoms with Gasteiger partial charge in [0.25, 0.3) is 5.91 Å². The molecular weight excluding hydrogens is 460 g/mol. The standard InChI is InChI=1S/C26H30N6O4/c1-16-14-28-26(31-24(16)30-21-6-4-3-5-20(21)25(36)27-2)29-19-8-7-18-15-32(12-11-17(18)13-19)22(33)9-10-23(34)35/h5-8,13-14H,3-4,9-12,15H2,1-2H3,(H,27,36)(H,34,35)(H2,28,29,30,31). The number of fused-ring (bicyclic) bond motifs is 1. The second-order valence-corrected chi connectivity index (χ2v) is 8.81. The molecule has 10 nitrogen and oxygen atoms in total. The molecule has 1 aliphatic heterocycles. The van der Waals surface area contributed by atoms with Crippen molar-refractivity contribution in [1.82, 2.24) is 20.2 Å². The van der Waals surface area contributed by atoms with Crippen LogP contribution in [0.2, 0.25) is 0 Å². The normalized spacial score (nSPS) is 14.8. The Balaban J connectivity index is 1.45. The van der Waals surface area contributed by atoms with Gasteiger partial charge in [0, 0.05) is 49.7 Å². The summed E-state index contributed by atoms with van der Waals surface area (Å²) >= 11 is 0. The summed E-state index contributed by atoms with van der Waals surface area (Å²) in [4.78, 5) is 46.0. The molecule has 36 heavy (non-hydrogen) atoms. The number of carboxylic acid groups (broad SMARTS) is 1. The van der Waals surface area contributed by atoms with E-state index in [1.54, 1.807) is 18.1 Å². The fourth-order valence-corrected chi connectivity index (χ4v) is 4.24. The van der Waals surface area contributed by atoms with Gasteiger partial charge in [-0.15, -0.1) is 0 Å². The second-order valence-electron chi connectivity index (χ2n) is 8.81. The number of hydrogen-bond donors (Lipinski definition) is 4. The topological polar surface area (TPSA) is 137 Å². The fraction of sp³-hybridized carbons (Fsp3) is 0.346. The van der Waals surface area contributed by atoms with Gasteiger partial charge in [-0.25, -0.2) is 4.98 Å². The van der Waals surface area contributed by atoms with Crippen molar-refractivity contribution in [3.05, 3.63) is 64.5 Å². The molecule has 1 aliphatic carbocycles. The number of carbonyl (C=O) groups is 3. The van der Waals surface area contributed by atoms with Gasteiger partial charge < -0.3 is 26.0 Å². The van der Waals surface area contributed by atoms with E-state index in [1.165, 1.54) is 0 Å². The van der Waals surface area contributed by atoms with Gasteiger partial charge in [-0.3, -0.25) is 14.4 Å². The van der Waals surface area contributed by atoms with Gasteiger partial charge in [-0.1, -0.05) is 18.2 Å². The molecular formula is C26H30N6O4. The van der Waals surface area contributed by atoms with E-state index in [1.807, 2.05) is 37.3 Å². The molecule has 2 heterocycles. The van der Waals surface area contributed by atoms with Crippen molar-refractivity contribution in [3.8, 4) is 0 Å². The van der Waals surface area contributed by atoms with Crippen LogP contribution in [0, 0.1) is 6.92 Å². The van der Waals surface area contributed by atoms with Crippen LogP contribution in [0.1, 0.15) is 42.4 Å². The number of aliphatic carboxylic acids is 1. The highest BCUT2D eigenvalue weighted by molar-refractivity contribution is 5.98. The smallest absolute Gasteiger partial charge is 0.303 e. The minimum Gasteiger partial charge on any atom is -0.481 e. The summed E-state index contributed by atoms with van der Waals surface area (Å²) in [6, 6.07) is 5.91. The number of hydrogen-bond acceptors (Lipinski definition) is 7. The number of aromatic nitrogens is 2.